The van der Waals surface area contributed by atoms with Gasteiger partial charge in [0, 0.05) is 17.2 Å². The van der Waals surface area contributed by atoms with E-state index < -0.39 is 10.8 Å². The second-order valence-corrected chi connectivity index (χ2v) is 5.35. The van der Waals surface area contributed by atoms with E-state index in [1.54, 1.807) is 43.3 Å². The first-order valence-electron chi connectivity index (χ1n) is 7.21. The molecule has 7 nitrogen and oxygen atoms in total. The molecule has 0 heterocycles. The molecule has 0 fully saturated rings. The van der Waals surface area contributed by atoms with Gasteiger partial charge in [0.2, 0.25) is 0 Å². The van der Waals surface area contributed by atoms with Crippen LogP contribution in [0.4, 0.5) is 11.4 Å². The molecule has 1 aliphatic carbocycles. The van der Waals surface area contributed by atoms with E-state index in [0.29, 0.717) is 11.1 Å². The van der Waals surface area contributed by atoms with Gasteiger partial charge in [-0.2, -0.15) is 5.10 Å². The maximum absolute atomic E-state index is 12.4. The van der Waals surface area contributed by atoms with Crippen LogP contribution in [0, 0.1) is 16.0 Å². The van der Waals surface area contributed by atoms with Gasteiger partial charge in [-0.3, -0.25) is 25.1 Å². The van der Waals surface area contributed by atoms with Crippen molar-refractivity contribution in [3.63, 3.8) is 0 Å². The van der Waals surface area contributed by atoms with E-state index in [2.05, 4.69) is 10.5 Å². The van der Waals surface area contributed by atoms with Gasteiger partial charge in [-0.05, 0) is 13.0 Å². The molecule has 24 heavy (non-hydrogen) atoms. The highest BCUT2D eigenvalue weighted by molar-refractivity contribution is 6.36. The minimum absolute atomic E-state index is 0.138. The second-order valence-electron chi connectivity index (χ2n) is 5.35. The number of nitrogens with one attached hydrogen (secondary N) is 1. The molecule has 1 N–H and O–H groups in total. The van der Waals surface area contributed by atoms with Crippen molar-refractivity contribution in [2.45, 2.75) is 6.92 Å². The fourth-order valence-electron chi connectivity index (χ4n) is 2.66. The summed E-state index contributed by atoms with van der Waals surface area (Å²) in [5.41, 5.74) is 3.66. The molecule has 0 amide bonds. The Morgan fingerprint density at radius 2 is 1.58 bits per heavy atom. The van der Waals surface area contributed by atoms with Gasteiger partial charge >= 0.3 is 0 Å². The summed E-state index contributed by atoms with van der Waals surface area (Å²) in [5, 5.41) is 15.0. The largest absolute Gasteiger partial charge is 0.294 e. The van der Waals surface area contributed by atoms with Crippen LogP contribution < -0.4 is 5.43 Å². The van der Waals surface area contributed by atoms with Crippen molar-refractivity contribution >= 4 is 28.7 Å². The third kappa shape index (κ3) is 2.56. The number of Topliss-reactive ketones (excluding diaryl/α,β-unsaturated/α-hetero) is 2. The van der Waals surface area contributed by atoms with Crippen LogP contribution in [0.3, 0.4) is 0 Å². The van der Waals surface area contributed by atoms with Crippen LogP contribution in [0.25, 0.3) is 0 Å². The summed E-state index contributed by atoms with van der Waals surface area (Å²) in [5.74, 6) is -1.60. The number of para-hydroxylation sites is 2. The molecule has 0 spiro atoms. The number of anilines is 1. The molecule has 0 aliphatic heterocycles. The van der Waals surface area contributed by atoms with Crippen LogP contribution in [0.2, 0.25) is 0 Å². The third-order valence-corrected chi connectivity index (χ3v) is 3.85. The quantitative estimate of drug-likeness (QED) is 0.403. The molecule has 3 rings (SSSR count). The third-order valence-electron chi connectivity index (χ3n) is 3.85. The Hall–Kier alpha value is -3.35. The first-order chi connectivity index (χ1) is 11.5. The van der Waals surface area contributed by atoms with Crippen LogP contribution in [0.5, 0.6) is 0 Å². The highest BCUT2D eigenvalue weighted by Gasteiger charge is 2.40. The fourth-order valence-corrected chi connectivity index (χ4v) is 2.66. The number of hydrazone groups is 1. The molecule has 7 heteroatoms. The standard InChI is InChI=1S/C17H13N3O4/c1-10(18-19-13-8-4-5-9-14(13)20(23)24)15-16(21)11-6-2-3-7-12(11)17(15)22/h2-9,15,19H,1H3/b18-10+. The van der Waals surface area contributed by atoms with Crippen LogP contribution in [0.1, 0.15) is 27.6 Å². The number of rotatable bonds is 4. The summed E-state index contributed by atoms with van der Waals surface area (Å²) in [6.45, 7) is 1.55. The van der Waals surface area contributed by atoms with Crippen molar-refractivity contribution in [3.05, 3.63) is 69.8 Å². The molecule has 2 aromatic carbocycles. The molecule has 0 saturated carbocycles. The Morgan fingerprint density at radius 1 is 1.04 bits per heavy atom. The average molecular weight is 323 g/mol. The van der Waals surface area contributed by atoms with Crippen molar-refractivity contribution in [2.75, 3.05) is 5.43 Å². The number of carbonyl (C=O) groups is 2. The fraction of sp³-hybridized carbons (Fsp3) is 0.118. The number of nitro groups is 1. The van der Waals surface area contributed by atoms with Gasteiger partial charge in [0.15, 0.2) is 11.6 Å². The maximum atomic E-state index is 12.4. The molecule has 0 bridgehead atoms. The van der Waals surface area contributed by atoms with Gasteiger partial charge in [0.05, 0.1) is 10.6 Å². The van der Waals surface area contributed by atoms with Crippen LogP contribution in [0.15, 0.2) is 53.6 Å². The van der Waals surface area contributed by atoms with E-state index in [0.717, 1.165) is 0 Å². The first kappa shape index (κ1) is 15.5. The SMILES string of the molecule is C/C(=N\Nc1ccccc1[N+](=O)[O-])C1C(=O)c2ccccc2C1=O. The topological polar surface area (TPSA) is 102 Å². The Morgan fingerprint density at radius 3 is 2.17 bits per heavy atom. The minimum Gasteiger partial charge on any atom is -0.293 e. The van der Waals surface area contributed by atoms with Crippen molar-refractivity contribution in [2.24, 2.45) is 11.0 Å². The Labute approximate surface area is 137 Å². The number of benzene rings is 2. The van der Waals surface area contributed by atoms with Crippen LogP contribution in [-0.2, 0) is 0 Å². The normalized spacial score (nSPS) is 14.6. The number of carbonyl (C=O) groups excluding carboxylic acids is 2. The summed E-state index contributed by atoms with van der Waals surface area (Å²) in [4.78, 5) is 35.2. The number of ketones is 2. The number of hydrogen-bond donors (Lipinski definition) is 1. The zero-order chi connectivity index (χ0) is 17.3. The molecule has 0 radical (unpaired) electrons. The summed E-state index contributed by atoms with van der Waals surface area (Å²) in [6, 6.07) is 12.6. The van der Waals surface area contributed by atoms with E-state index in [-0.39, 0.29) is 28.7 Å². The molecule has 0 aromatic heterocycles. The molecule has 2 aromatic rings. The lowest BCUT2D eigenvalue weighted by molar-refractivity contribution is -0.384. The smallest absolute Gasteiger partial charge is 0.293 e. The number of fused-ring (bicyclic) bond motifs is 1. The lowest BCUT2D eigenvalue weighted by atomic mass is 9.99. The molecule has 1 aliphatic rings. The summed E-state index contributed by atoms with van der Waals surface area (Å²) < 4.78 is 0. The number of hydrogen-bond acceptors (Lipinski definition) is 6. The highest BCUT2D eigenvalue weighted by atomic mass is 16.6. The summed E-state index contributed by atoms with van der Waals surface area (Å²) in [6.07, 6.45) is 0. The van der Waals surface area contributed by atoms with Gasteiger partial charge in [0.1, 0.15) is 11.6 Å². The molecular formula is C17H13N3O4. The van der Waals surface area contributed by atoms with Gasteiger partial charge in [-0.1, -0.05) is 36.4 Å². The van der Waals surface area contributed by atoms with Gasteiger partial charge in [0.25, 0.3) is 5.69 Å². The minimum atomic E-state index is -0.988. The lowest BCUT2D eigenvalue weighted by Crippen LogP contribution is -2.24. The van der Waals surface area contributed by atoms with Gasteiger partial charge in [-0.25, -0.2) is 0 Å². The molecule has 120 valence electrons. The lowest BCUT2D eigenvalue weighted by Gasteiger charge is -2.08. The monoisotopic (exact) mass is 323 g/mol. The van der Waals surface area contributed by atoms with Crippen LogP contribution in [-0.4, -0.2) is 22.2 Å². The molecule has 0 atom stereocenters. The van der Waals surface area contributed by atoms with Gasteiger partial charge in [-0.15, -0.1) is 0 Å². The Balaban J connectivity index is 1.87. The first-order valence-corrected chi connectivity index (χ1v) is 7.21. The number of nitro benzene ring substituents is 1. The van der Waals surface area contributed by atoms with Crippen molar-refractivity contribution in [1.29, 1.82) is 0 Å². The zero-order valence-electron chi connectivity index (χ0n) is 12.7. The van der Waals surface area contributed by atoms with Gasteiger partial charge < -0.3 is 0 Å². The summed E-state index contributed by atoms with van der Waals surface area (Å²) >= 11 is 0. The molecule has 0 saturated heterocycles. The maximum Gasteiger partial charge on any atom is 0.294 e. The predicted molar refractivity (Wildman–Crippen MR) is 88.4 cm³/mol. The van der Waals surface area contributed by atoms with Crippen molar-refractivity contribution in [3.8, 4) is 0 Å². The van der Waals surface area contributed by atoms with Crippen molar-refractivity contribution in [1.82, 2.24) is 0 Å². The second kappa shape index (κ2) is 6.04. The van der Waals surface area contributed by atoms with Crippen molar-refractivity contribution < 1.29 is 14.5 Å². The van der Waals surface area contributed by atoms with Crippen LogP contribution >= 0.6 is 0 Å². The van der Waals surface area contributed by atoms with E-state index in [1.807, 2.05) is 0 Å². The average Bonchev–Trinajstić information content (AvgIpc) is 2.84. The Kier molecular flexibility index (Phi) is 3.91. The molecule has 0 unspecified atom stereocenters. The summed E-state index contributed by atoms with van der Waals surface area (Å²) in [7, 11) is 0. The Bertz CT molecular complexity index is 854. The van der Waals surface area contributed by atoms with E-state index in [4.69, 9.17) is 0 Å². The van der Waals surface area contributed by atoms with E-state index >= 15 is 0 Å². The van der Waals surface area contributed by atoms with E-state index in [1.165, 1.54) is 12.1 Å². The predicted octanol–water partition coefficient (Wildman–Crippen LogP) is 3.08. The number of nitrogens with zero attached hydrogens (tertiary/aromatic N) is 2. The molecular weight excluding hydrogens is 310 g/mol. The zero-order valence-corrected chi connectivity index (χ0v) is 12.7. The highest BCUT2D eigenvalue weighted by Crippen LogP contribution is 2.28. The van der Waals surface area contributed by atoms with E-state index in [9.17, 15) is 19.7 Å².